The molecular weight excluding hydrogens is 284 g/mol. The average molecular weight is 298 g/mol. The number of aliphatic imine (C=N–C) groups is 1. The molecule has 2 aromatic rings. The first-order chi connectivity index (χ1) is 10.5. The van der Waals surface area contributed by atoms with Crippen LogP contribution in [0.3, 0.4) is 0 Å². The third-order valence-electron chi connectivity index (χ3n) is 3.05. The number of nitrogens with zero attached hydrogens (tertiary/aromatic N) is 2. The molecule has 0 bridgehead atoms. The summed E-state index contributed by atoms with van der Waals surface area (Å²) in [5.74, 6) is 0.380. The Kier molecular flexibility index (Phi) is 4.59. The van der Waals surface area contributed by atoms with E-state index in [1.54, 1.807) is 37.4 Å². The van der Waals surface area contributed by atoms with Gasteiger partial charge in [0.1, 0.15) is 23.1 Å². The number of aliphatic carboxylic acids is 1. The topological polar surface area (TPSA) is 95.8 Å². The summed E-state index contributed by atoms with van der Waals surface area (Å²) in [4.78, 5) is 14.6. The molecule has 6 heteroatoms. The molecule has 2 rings (SSSR count). The molecule has 1 heterocycles. The van der Waals surface area contributed by atoms with Crippen LogP contribution in [-0.4, -0.2) is 23.9 Å². The molecular formula is C16H14N2O4. The van der Waals surface area contributed by atoms with Crippen LogP contribution in [0.1, 0.15) is 22.5 Å². The van der Waals surface area contributed by atoms with E-state index in [0.717, 1.165) is 11.1 Å². The van der Waals surface area contributed by atoms with E-state index in [1.807, 2.05) is 6.92 Å². The number of ether oxygens (including phenoxy) is 1. The Morgan fingerprint density at radius 1 is 1.41 bits per heavy atom. The van der Waals surface area contributed by atoms with Crippen LogP contribution in [0.2, 0.25) is 0 Å². The molecule has 0 aliphatic carbocycles. The van der Waals surface area contributed by atoms with E-state index >= 15 is 0 Å². The average Bonchev–Trinajstić information content (AvgIpc) is 2.78. The molecule has 0 saturated carbocycles. The first-order valence-electron chi connectivity index (χ1n) is 6.50. The normalized spacial score (nSPS) is 10.6. The summed E-state index contributed by atoms with van der Waals surface area (Å²) >= 11 is 0. The van der Waals surface area contributed by atoms with Gasteiger partial charge in [0.15, 0.2) is 6.61 Å². The molecule has 0 amide bonds. The zero-order valence-electron chi connectivity index (χ0n) is 12.2. The number of hydrogen-bond acceptors (Lipinski definition) is 5. The lowest BCUT2D eigenvalue weighted by Crippen LogP contribution is -2.09. The fraction of sp³-hybridized carbons (Fsp3) is 0.188. The lowest BCUT2D eigenvalue weighted by Gasteiger charge is -2.02. The molecule has 0 aliphatic rings. The third kappa shape index (κ3) is 3.52. The second-order valence-electron chi connectivity index (χ2n) is 4.58. The van der Waals surface area contributed by atoms with E-state index in [0.29, 0.717) is 17.1 Å². The van der Waals surface area contributed by atoms with E-state index < -0.39 is 5.97 Å². The summed E-state index contributed by atoms with van der Waals surface area (Å²) in [5.41, 5.74) is 1.99. The monoisotopic (exact) mass is 298 g/mol. The van der Waals surface area contributed by atoms with Crippen molar-refractivity contribution in [2.24, 2.45) is 4.99 Å². The lowest BCUT2D eigenvalue weighted by molar-refractivity contribution is -0.139. The minimum atomic E-state index is -1.03. The molecule has 0 spiro atoms. The van der Waals surface area contributed by atoms with Gasteiger partial charge in [-0.1, -0.05) is 0 Å². The van der Waals surface area contributed by atoms with Crippen molar-refractivity contribution in [1.82, 2.24) is 0 Å². The van der Waals surface area contributed by atoms with Gasteiger partial charge in [-0.2, -0.15) is 5.26 Å². The van der Waals surface area contributed by atoms with Crippen molar-refractivity contribution in [3.63, 3.8) is 0 Å². The fourth-order valence-corrected chi connectivity index (χ4v) is 1.76. The van der Waals surface area contributed by atoms with Crippen LogP contribution in [0.4, 0.5) is 5.88 Å². The molecule has 1 aromatic heterocycles. The lowest BCUT2D eigenvalue weighted by atomic mass is 10.2. The Hall–Kier alpha value is -3.07. The van der Waals surface area contributed by atoms with Crippen molar-refractivity contribution in [1.29, 1.82) is 5.26 Å². The molecule has 0 fully saturated rings. The molecule has 112 valence electrons. The Morgan fingerprint density at radius 3 is 2.68 bits per heavy atom. The summed E-state index contributed by atoms with van der Waals surface area (Å²) in [6.45, 7) is 3.21. The van der Waals surface area contributed by atoms with Crippen molar-refractivity contribution in [2.45, 2.75) is 13.8 Å². The number of furan rings is 1. The van der Waals surface area contributed by atoms with E-state index in [4.69, 9.17) is 19.5 Å². The van der Waals surface area contributed by atoms with Gasteiger partial charge in [0.25, 0.3) is 0 Å². The van der Waals surface area contributed by atoms with Gasteiger partial charge in [0, 0.05) is 11.8 Å². The third-order valence-corrected chi connectivity index (χ3v) is 3.05. The Bertz CT molecular complexity index is 752. The summed E-state index contributed by atoms with van der Waals surface area (Å²) in [6, 6.07) is 8.83. The van der Waals surface area contributed by atoms with Gasteiger partial charge in [0.05, 0.1) is 0 Å². The van der Waals surface area contributed by atoms with E-state index in [2.05, 4.69) is 11.1 Å². The quantitative estimate of drug-likeness (QED) is 0.856. The number of carboxylic acid groups (broad SMARTS) is 1. The van der Waals surface area contributed by atoms with Gasteiger partial charge < -0.3 is 14.3 Å². The summed E-state index contributed by atoms with van der Waals surface area (Å²) in [5, 5.41) is 17.6. The van der Waals surface area contributed by atoms with Crippen LogP contribution < -0.4 is 4.74 Å². The smallest absolute Gasteiger partial charge is 0.341 e. The molecule has 0 unspecified atom stereocenters. The number of rotatable bonds is 5. The van der Waals surface area contributed by atoms with E-state index in [9.17, 15) is 4.79 Å². The first kappa shape index (κ1) is 15.3. The molecule has 22 heavy (non-hydrogen) atoms. The highest BCUT2D eigenvalue weighted by molar-refractivity contribution is 5.82. The minimum Gasteiger partial charge on any atom is -0.482 e. The largest absolute Gasteiger partial charge is 0.482 e. The maximum Gasteiger partial charge on any atom is 0.341 e. The molecule has 0 atom stereocenters. The molecule has 0 radical (unpaired) electrons. The summed E-state index contributed by atoms with van der Waals surface area (Å²) in [7, 11) is 0. The predicted octanol–water partition coefficient (Wildman–Crippen LogP) is 2.98. The van der Waals surface area contributed by atoms with Gasteiger partial charge in [0.2, 0.25) is 5.88 Å². The highest BCUT2D eigenvalue weighted by atomic mass is 16.5. The van der Waals surface area contributed by atoms with Crippen molar-refractivity contribution < 1.29 is 19.1 Å². The van der Waals surface area contributed by atoms with Crippen LogP contribution in [0.5, 0.6) is 5.75 Å². The summed E-state index contributed by atoms with van der Waals surface area (Å²) in [6.07, 6.45) is 1.57. The number of carbonyl (C=O) groups is 1. The van der Waals surface area contributed by atoms with Gasteiger partial charge in [-0.25, -0.2) is 9.79 Å². The molecule has 0 saturated heterocycles. The van der Waals surface area contributed by atoms with Crippen LogP contribution in [0, 0.1) is 25.2 Å². The summed E-state index contributed by atoms with van der Waals surface area (Å²) < 4.78 is 10.5. The van der Waals surface area contributed by atoms with Crippen LogP contribution in [0.25, 0.3) is 0 Å². The highest BCUT2D eigenvalue weighted by Gasteiger charge is 2.12. The maximum atomic E-state index is 10.4. The number of carboxylic acids is 1. The van der Waals surface area contributed by atoms with Gasteiger partial charge in [-0.3, -0.25) is 0 Å². The Balaban J connectivity index is 2.12. The zero-order valence-corrected chi connectivity index (χ0v) is 12.2. The highest BCUT2D eigenvalue weighted by Crippen LogP contribution is 2.27. The number of aryl methyl sites for hydroxylation is 1. The molecule has 0 aliphatic heterocycles. The molecule has 6 nitrogen and oxygen atoms in total. The van der Waals surface area contributed by atoms with Crippen molar-refractivity contribution in [3.8, 4) is 11.8 Å². The van der Waals surface area contributed by atoms with Crippen molar-refractivity contribution >= 4 is 18.1 Å². The predicted molar refractivity (Wildman–Crippen MR) is 79.7 cm³/mol. The number of benzene rings is 1. The van der Waals surface area contributed by atoms with E-state index in [-0.39, 0.29) is 12.5 Å². The second kappa shape index (κ2) is 6.59. The van der Waals surface area contributed by atoms with E-state index in [1.165, 1.54) is 0 Å². The van der Waals surface area contributed by atoms with Crippen molar-refractivity contribution in [2.75, 3.05) is 6.61 Å². The fourth-order valence-electron chi connectivity index (χ4n) is 1.76. The van der Waals surface area contributed by atoms with Gasteiger partial charge in [-0.15, -0.1) is 0 Å². The molecule has 1 aromatic carbocycles. The zero-order chi connectivity index (χ0) is 16.1. The standard InChI is InChI=1S/C16H14N2O4/c1-10-11(2)22-16(14(10)7-17)18-8-12-3-5-13(6-4-12)21-9-15(19)20/h3-6,8H,9H2,1-2H3,(H,19,20). The number of nitriles is 1. The van der Waals surface area contributed by atoms with Crippen LogP contribution in [0.15, 0.2) is 33.7 Å². The second-order valence-corrected chi connectivity index (χ2v) is 4.58. The van der Waals surface area contributed by atoms with Gasteiger partial charge in [-0.05, 0) is 43.7 Å². The van der Waals surface area contributed by atoms with Gasteiger partial charge >= 0.3 is 5.97 Å². The van der Waals surface area contributed by atoms with Crippen molar-refractivity contribution in [3.05, 3.63) is 46.7 Å². The minimum absolute atomic E-state index is 0.281. The Labute approximate surface area is 127 Å². The number of hydrogen-bond donors (Lipinski definition) is 1. The maximum absolute atomic E-state index is 10.4. The molecule has 1 N–H and O–H groups in total. The van der Waals surface area contributed by atoms with Crippen LogP contribution in [-0.2, 0) is 4.79 Å². The SMILES string of the molecule is Cc1oc(N=Cc2ccc(OCC(=O)O)cc2)c(C#N)c1C. The van der Waals surface area contributed by atoms with Crippen LogP contribution >= 0.6 is 0 Å². The Morgan fingerprint density at radius 2 is 2.09 bits per heavy atom. The first-order valence-corrected chi connectivity index (χ1v) is 6.50.